The lowest BCUT2D eigenvalue weighted by atomic mass is 9.99. The van der Waals surface area contributed by atoms with E-state index in [-0.39, 0.29) is 6.04 Å². The molecule has 2 aromatic rings. The highest BCUT2D eigenvalue weighted by molar-refractivity contribution is 5.22. The van der Waals surface area contributed by atoms with Gasteiger partial charge in [0, 0.05) is 18.0 Å². The van der Waals surface area contributed by atoms with E-state index in [2.05, 4.69) is 36.6 Å². The van der Waals surface area contributed by atoms with Crippen molar-refractivity contribution in [1.29, 1.82) is 0 Å². The summed E-state index contributed by atoms with van der Waals surface area (Å²) in [6, 6.07) is 12.6. The second kappa shape index (κ2) is 6.38. The third-order valence-corrected chi connectivity index (χ3v) is 3.24. The topological polar surface area (TPSA) is 51.2 Å². The molecule has 0 bridgehead atoms. The van der Waals surface area contributed by atoms with Crippen LogP contribution in [-0.2, 0) is 12.8 Å². The number of rotatable bonds is 6. The number of aryl methyl sites for hydroxylation is 2. The van der Waals surface area contributed by atoms with Gasteiger partial charge < -0.3 is 4.42 Å². The molecule has 0 aliphatic carbocycles. The molecule has 96 valence electrons. The van der Waals surface area contributed by atoms with Crippen molar-refractivity contribution >= 4 is 0 Å². The fourth-order valence-electron chi connectivity index (χ4n) is 2.23. The van der Waals surface area contributed by atoms with Crippen LogP contribution in [0.2, 0.25) is 0 Å². The Bertz CT molecular complexity index is 464. The zero-order valence-corrected chi connectivity index (χ0v) is 10.7. The van der Waals surface area contributed by atoms with Crippen LogP contribution in [0.25, 0.3) is 0 Å². The SMILES string of the molecule is CCc1occc1C(CCc1ccccc1)NN. The Hall–Kier alpha value is -1.58. The van der Waals surface area contributed by atoms with Crippen LogP contribution in [0, 0.1) is 0 Å². The molecule has 18 heavy (non-hydrogen) atoms. The number of nitrogens with two attached hydrogens (primary N) is 1. The first kappa shape index (κ1) is 12.9. The predicted octanol–water partition coefficient (Wildman–Crippen LogP) is 2.98. The fourth-order valence-corrected chi connectivity index (χ4v) is 2.23. The molecule has 0 saturated carbocycles. The molecule has 0 aliphatic rings. The van der Waals surface area contributed by atoms with Gasteiger partial charge in [-0.3, -0.25) is 11.3 Å². The lowest BCUT2D eigenvalue weighted by Crippen LogP contribution is -2.28. The first-order valence-electron chi connectivity index (χ1n) is 6.41. The van der Waals surface area contributed by atoms with Crippen LogP contribution in [0.4, 0.5) is 0 Å². The van der Waals surface area contributed by atoms with E-state index in [4.69, 9.17) is 10.3 Å². The lowest BCUT2D eigenvalue weighted by Gasteiger charge is -2.15. The zero-order valence-electron chi connectivity index (χ0n) is 10.7. The molecule has 0 amide bonds. The molecular weight excluding hydrogens is 224 g/mol. The number of benzene rings is 1. The summed E-state index contributed by atoms with van der Waals surface area (Å²) in [4.78, 5) is 0. The number of nitrogens with one attached hydrogen (secondary N) is 1. The Kier molecular flexibility index (Phi) is 4.56. The molecule has 0 radical (unpaired) electrons. The highest BCUT2D eigenvalue weighted by Gasteiger charge is 2.15. The molecule has 1 aromatic carbocycles. The van der Waals surface area contributed by atoms with E-state index in [0.29, 0.717) is 0 Å². The van der Waals surface area contributed by atoms with Gasteiger partial charge in [0.15, 0.2) is 0 Å². The molecule has 3 heteroatoms. The third kappa shape index (κ3) is 3.00. The van der Waals surface area contributed by atoms with Gasteiger partial charge in [0.25, 0.3) is 0 Å². The van der Waals surface area contributed by atoms with Gasteiger partial charge in [0.1, 0.15) is 5.76 Å². The highest BCUT2D eigenvalue weighted by atomic mass is 16.3. The van der Waals surface area contributed by atoms with E-state index in [1.54, 1.807) is 6.26 Å². The van der Waals surface area contributed by atoms with Crippen molar-refractivity contribution in [3.63, 3.8) is 0 Å². The molecule has 1 unspecified atom stereocenters. The van der Waals surface area contributed by atoms with E-state index in [1.807, 2.05) is 12.1 Å². The van der Waals surface area contributed by atoms with Crippen molar-refractivity contribution in [3.05, 3.63) is 59.5 Å². The molecule has 0 fully saturated rings. The summed E-state index contributed by atoms with van der Waals surface area (Å²) < 4.78 is 5.45. The minimum atomic E-state index is 0.152. The first-order valence-corrected chi connectivity index (χ1v) is 6.41. The van der Waals surface area contributed by atoms with Crippen molar-refractivity contribution in [3.8, 4) is 0 Å². The van der Waals surface area contributed by atoms with Crippen molar-refractivity contribution in [2.45, 2.75) is 32.2 Å². The molecule has 3 N–H and O–H groups in total. The standard InChI is InChI=1S/C15H20N2O/c1-2-15-13(10-11-18-15)14(17-16)9-8-12-6-4-3-5-7-12/h3-7,10-11,14,17H,2,8-9,16H2,1H3. The number of furan rings is 1. The van der Waals surface area contributed by atoms with Gasteiger partial charge in [0.05, 0.1) is 6.26 Å². The van der Waals surface area contributed by atoms with Crippen LogP contribution >= 0.6 is 0 Å². The smallest absolute Gasteiger partial charge is 0.108 e. The van der Waals surface area contributed by atoms with Gasteiger partial charge in [-0.2, -0.15) is 0 Å². The van der Waals surface area contributed by atoms with Crippen LogP contribution in [0.5, 0.6) is 0 Å². The van der Waals surface area contributed by atoms with Gasteiger partial charge in [-0.25, -0.2) is 0 Å². The van der Waals surface area contributed by atoms with Gasteiger partial charge in [0.2, 0.25) is 0 Å². The summed E-state index contributed by atoms with van der Waals surface area (Å²) in [6.45, 7) is 2.09. The van der Waals surface area contributed by atoms with Gasteiger partial charge in [-0.1, -0.05) is 37.3 Å². The molecule has 1 atom stereocenters. The largest absolute Gasteiger partial charge is 0.469 e. The van der Waals surface area contributed by atoms with Crippen LogP contribution in [-0.4, -0.2) is 0 Å². The second-order valence-electron chi connectivity index (χ2n) is 4.40. The quantitative estimate of drug-likeness (QED) is 0.606. The van der Waals surface area contributed by atoms with Gasteiger partial charge in [-0.15, -0.1) is 0 Å². The normalized spacial score (nSPS) is 12.6. The Morgan fingerprint density at radius 1 is 1.22 bits per heavy atom. The third-order valence-electron chi connectivity index (χ3n) is 3.24. The Morgan fingerprint density at radius 3 is 2.67 bits per heavy atom. The molecular formula is C15H20N2O. The number of hydrogen-bond acceptors (Lipinski definition) is 3. The summed E-state index contributed by atoms with van der Waals surface area (Å²) in [7, 11) is 0. The van der Waals surface area contributed by atoms with Gasteiger partial charge in [-0.05, 0) is 24.5 Å². The summed E-state index contributed by atoms with van der Waals surface area (Å²) in [5.74, 6) is 6.68. The maximum atomic E-state index is 5.66. The highest BCUT2D eigenvalue weighted by Crippen LogP contribution is 2.23. The lowest BCUT2D eigenvalue weighted by molar-refractivity contribution is 0.475. The van der Waals surface area contributed by atoms with Crippen molar-refractivity contribution in [2.24, 2.45) is 5.84 Å². The molecule has 1 heterocycles. The molecule has 0 saturated heterocycles. The predicted molar refractivity (Wildman–Crippen MR) is 72.9 cm³/mol. The summed E-state index contributed by atoms with van der Waals surface area (Å²) in [6.07, 6.45) is 4.60. The van der Waals surface area contributed by atoms with E-state index in [1.165, 1.54) is 11.1 Å². The van der Waals surface area contributed by atoms with E-state index in [0.717, 1.165) is 25.0 Å². The van der Waals surface area contributed by atoms with Crippen molar-refractivity contribution in [1.82, 2.24) is 5.43 Å². The summed E-state index contributed by atoms with van der Waals surface area (Å²) >= 11 is 0. The van der Waals surface area contributed by atoms with Crippen LogP contribution in [0.15, 0.2) is 47.1 Å². The van der Waals surface area contributed by atoms with Crippen LogP contribution in [0.3, 0.4) is 0 Å². The maximum absolute atomic E-state index is 5.66. The Morgan fingerprint density at radius 2 is 2.00 bits per heavy atom. The second-order valence-corrected chi connectivity index (χ2v) is 4.40. The van der Waals surface area contributed by atoms with Gasteiger partial charge >= 0.3 is 0 Å². The maximum Gasteiger partial charge on any atom is 0.108 e. The van der Waals surface area contributed by atoms with E-state index in [9.17, 15) is 0 Å². The Labute approximate surface area is 108 Å². The van der Waals surface area contributed by atoms with Crippen molar-refractivity contribution < 1.29 is 4.42 Å². The molecule has 0 aliphatic heterocycles. The molecule has 2 rings (SSSR count). The van der Waals surface area contributed by atoms with Crippen LogP contribution < -0.4 is 11.3 Å². The molecule has 3 nitrogen and oxygen atoms in total. The minimum Gasteiger partial charge on any atom is -0.469 e. The van der Waals surface area contributed by atoms with E-state index < -0.39 is 0 Å². The summed E-state index contributed by atoms with van der Waals surface area (Å²) in [5.41, 5.74) is 5.40. The monoisotopic (exact) mass is 244 g/mol. The average Bonchev–Trinajstić information content (AvgIpc) is 2.89. The zero-order chi connectivity index (χ0) is 12.8. The number of hydrogen-bond donors (Lipinski definition) is 2. The summed E-state index contributed by atoms with van der Waals surface area (Å²) in [5, 5.41) is 0. The average molecular weight is 244 g/mol. The van der Waals surface area contributed by atoms with E-state index >= 15 is 0 Å². The van der Waals surface area contributed by atoms with Crippen molar-refractivity contribution in [2.75, 3.05) is 0 Å². The molecule has 0 spiro atoms. The number of hydrazine groups is 1. The Balaban J connectivity index is 2.02. The minimum absolute atomic E-state index is 0.152. The molecule has 1 aromatic heterocycles. The van der Waals surface area contributed by atoms with Crippen LogP contribution in [0.1, 0.15) is 36.3 Å². The first-order chi connectivity index (χ1) is 8.85. The fraction of sp³-hybridized carbons (Fsp3) is 0.333.